The lowest BCUT2D eigenvalue weighted by Gasteiger charge is -2.37. The van der Waals surface area contributed by atoms with Gasteiger partial charge in [0.15, 0.2) is 5.96 Å². The first-order valence-corrected chi connectivity index (χ1v) is 10.2. The molecule has 26 heavy (non-hydrogen) atoms. The van der Waals surface area contributed by atoms with Crippen LogP contribution in [0.2, 0.25) is 0 Å². The summed E-state index contributed by atoms with van der Waals surface area (Å²) in [6.45, 7) is 5.98. The number of guanidine groups is 1. The average molecular weight is 492 g/mol. The second kappa shape index (κ2) is 11.8. The van der Waals surface area contributed by atoms with E-state index < -0.39 is 0 Å². The largest absolute Gasteiger partial charge is 0.355 e. The van der Waals surface area contributed by atoms with E-state index in [-0.39, 0.29) is 41.2 Å². The number of carbonyl (C=O) groups excluding carboxylic acids is 1. The van der Waals surface area contributed by atoms with Crippen LogP contribution < -0.4 is 16.0 Å². The number of hydrogen-bond acceptors (Lipinski definition) is 3. The molecule has 1 amide bonds. The Labute approximate surface area is 178 Å². The van der Waals surface area contributed by atoms with Crippen LogP contribution >= 0.6 is 35.3 Å². The fraction of sp³-hybridized carbons (Fsp3) is 0.684. The first kappa shape index (κ1) is 23.2. The molecule has 1 fully saturated rings. The molecule has 1 aliphatic rings. The van der Waals surface area contributed by atoms with Crippen molar-refractivity contribution in [2.24, 2.45) is 10.9 Å². The molecule has 2 rings (SSSR count). The number of nitrogens with zero attached hydrogens (tertiary/aromatic N) is 1. The zero-order valence-corrected chi connectivity index (χ0v) is 19.3. The van der Waals surface area contributed by atoms with E-state index in [0.717, 1.165) is 12.5 Å². The van der Waals surface area contributed by atoms with E-state index in [1.54, 1.807) is 7.05 Å². The highest BCUT2D eigenvalue weighted by Gasteiger charge is 2.34. The lowest BCUT2D eigenvalue weighted by atomic mass is 9.73. The fourth-order valence-corrected chi connectivity index (χ4v) is 4.35. The third-order valence-electron chi connectivity index (χ3n) is 4.91. The van der Waals surface area contributed by atoms with E-state index in [1.165, 1.54) is 37.0 Å². The molecule has 0 aromatic carbocycles. The van der Waals surface area contributed by atoms with Gasteiger partial charge >= 0.3 is 0 Å². The molecule has 148 valence electrons. The van der Waals surface area contributed by atoms with Gasteiger partial charge in [0.25, 0.3) is 0 Å². The first-order chi connectivity index (χ1) is 12.1. The summed E-state index contributed by atoms with van der Waals surface area (Å²) in [7, 11) is 1.79. The molecule has 0 atom stereocenters. The minimum absolute atomic E-state index is 0. The maximum atomic E-state index is 11.6. The van der Waals surface area contributed by atoms with Gasteiger partial charge in [-0.2, -0.15) is 0 Å². The summed E-state index contributed by atoms with van der Waals surface area (Å²) >= 11 is 1.87. The van der Waals surface area contributed by atoms with Crippen molar-refractivity contribution >= 4 is 47.2 Å². The Bertz CT molecular complexity index is 554. The summed E-state index contributed by atoms with van der Waals surface area (Å²) in [6, 6.07) is 4.43. The number of thiophene rings is 1. The van der Waals surface area contributed by atoms with Gasteiger partial charge in [-0.1, -0.05) is 39.2 Å². The zero-order valence-electron chi connectivity index (χ0n) is 16.1. The van der Waals surface area contributed by atoms with E-state index in [1.807, 2.05) is 25.2 Å². The van der Waals surface area contributed by atoms with Crippen molar-refractivity contribution in [3.8, 4) is 0 Å². The Morgan fingerprint density at radius 1 is 1.19 bits per heavy atom. The van der Waals surface area contributed by atoms with Gasteiger partial charge < -0.3 is 16.0 Å². The van der Waals surface area contributed by atoms with Crippen LogP contribution in [0.15, 0.2) is 22.5 Å². The lowest BCUT2D eigenvalue weighted by molar-refractivity contribution is -0.123. The number of hydrogen-bond donors (Lipinski definition) is 3. The molecule has 0 unspecified atom stereocenters. The normalized spacial score (nSPS) is 16.7. The Hall–Kier alpha value is -0.830. The average Bonchev–Trinajstić information content (AvgIpc) is 3.17. The molecule has 0 radical (unpaired) electrons. The van der Waals surface area contributed by atoms with Gasteiger partial charge in [-0.05, 0) is 24.3 Å². The molecule has 1 aliphatic carbocycles. The van der Waals surface area contributed by atoms with E-state index in [2.05, 4.69) is 38.5 Å². The molecular weight excluding hydrogens is 459 g/mol. The van der Waals surface area contributed by atoms with Crippen molar-refractivity contribution in [3.63, 3.8) is 0 Å². The summed E-state index contributed by atoms with van der Waals surface area (Å²) in [4.78, 5) is 17.4. The third kappa shape index (κ3) is 6.72. The second-order valence-corrected chi connectivity index (χ2v) is 8.06. The summed E-state index contributed by atoms with van der Waals surface area (Å²) in [6.07, 6.45) is 6.42. The van der Waals surface area contributed by atoms with Gasteiger partial charge in [0.2, 0.25) is 5.91 Å². The Kier molecular flexibility index (Phi) is 10.5. The molecule has 0 saturated heterocycles. The number of halogens is 1. The molecule has 0 bridgehead atoms. The van der Waals surface area contributed by atoms with Crippen LogP contribution in [0.3, 0.4) is 0 Å². The Morgan fingerprint density at radius 3 is 2.46 bits per heavy atom. The van der Waals surface area contributed by atoms with Crippen LogP contribution in [-0.2, 0) is 10.2 Å². The van der Waals surface area contributed by atoms with Crippen molar-refractivity contribution in [2.75, 3.05) is 26.7 Å². The van der Waals surface area contributed by atoms with Crippen LogP contribution in [0, 0.1) is 5.92 Å². The maximum absolute atomic E-state index is 11.6. The Morgan fingerprint density at radius 2 is 1.88 bits per heavy atom. The van der Waals surface area contributed by atoms with Gasteiger partial charge in [-0.15, -0.1) is 35.3 Å². The topological polar surface area (TPSA) is 65.5 Å². The third-order valence-corrected chi connectivity index (χ3v) is 6.03. The van der Waals surface area contributed by atoms with Crippen LogP contribution in [0.1, 0.15) is 50.8 Å². The van der Waals surface area contributed by atoms with Crippen molar-refractivity contribution in [1.82, 2.24) is 16.0 Å². The number of rotatable bonds is 7. The monoisotopic (exact) mass is 492 g/mol. The fourth-order valence-electron chi connectivity index (χ4n) is 3.36. The van der Waals surface area contributed by atoms with E-state index >= 15 is 0 Å². The quantitative estimate of drug-likeness (QED) is 0.236. The van der Waals surface area contributed by atoms with E-state index in [9.17, 15) is 4.79 Å². The highest BCUT2D eigenvalue weighted by molar-refractivity contribution is 14.0. The Balaban J connectivity index is 0.00000338. The molecule has 0 aliphatic heterocycles. The first-order valence-electron chi connectivity index (χ1n) is 9.33. The number of carbonyl (C=O) groups is 1. The number of amides is 1. The van der Waals surface area contributed by atoms with Crippen molar-refractivity contribution in [3.05, 3.63) is 22.4 Å². The van der Waals surface area contributed by atoms with Gasteiger partial charge in [0, 0.05) is 42.9 Å². The standard InChI is InChI=1S/C19H32N4OS.HI/c1-15(2)17(24)21-11-12-22-18(20-3)23-14-19(9-5-4-6-10-19)16-8-7-13-25-16;/h7-8,13,15H,4-6,9-12,14H2,1-3H3,(H,21,24)(H2,20,22,23);1H. The summed E-state index contributed by atoms with van der Waals surface area (Å²) in [5, 5.41) is 11.9. The predicted molar refractivity (Wildman–Crippen MR) is 122 cm³/mol. The van der Waals surface area contributed by atoms with Gasteiger partial charge in [0.1, 0.15) is 0 Å². The van der Waals surface area contributed by atoms with Crippen LogP contribution in [-0.4, -0.2) is 38.5 Å². The smallest absolute Gasteiger partial charge is 0.222 e. The maximum Gasteiger partial charge on any atom is 0.222 e. The molecule has 0 spiro atoms. The van der Waals surface area contributed by atoms with Crippen molar-refractivity contribution in [2.45, 2.75) is 51.4 Å². The molecule has 5 nitrogen and oxygen atoms in total. The molecule has 1 aromatic rings. The van der Waals surface area contributed by atoms with Gasteiger partial charge in [0.05, 0.1) is 0 Å². The molecule has 1 aromatic heterocycles. The molecule has 1 saturated carbocycles. The number of nitrogens with one attached hydrogen (secondary N) is 3. The second-order valence-electron chi connectivity index (χ2n) is 7.12. The number of aliphatic imine (C=N–C) groups is 1. The van der Waals surface area contributed by atoms with E-state index in [4.69, 9.17) is 0 Å². The molecule has 7 heteroatoms. The van der Waals surface area contributed by atoms with Crippen molar-refractivity contribution in [1.29, 1.82) is 0 Å². The van der Waals surface area contributed by atoms with Crippen LogP contribution in [0.4, 0.5) is 0 Å². The van der Waals surface area contributed by atoms with Crippen LogP contribution in [0.5, 0.6) is 0 Å². The van der Waals surface area contributed by atoms with Gasteiger partial charge in [-0.3, -0.25) is 9.79 Å². The summed E-state index contributed by atoms with van der Waals surface area (Å²) in [5.74, 6) is 0.915. The highest BCUT2D eigenvalue weighted by Crippen LogP contribution is 2.41. The highest BCUT2D eigenvalue weighted by atomic mass is 127. The molecule has 1 heterocycles. The summed E-state index contributed by atoms with van der Waals surface area (Å²) < 4.78 is 0. The van der Waals surface area contributed by atoms with Gasteiger partial charge in [-0.25, -0.2) is 0 Å². The summed E-state index contributed by atoms with van der Waals surface area (Å²) in [5.41, 5.74) is 0.232. The molecule has 3 N–H and O–H groups in total. The predicted octanol–water partition coefficient (Wildman–Crippen LogP) is 3.51. The SMILES string of the molecule is CN=C(NCCNC(=O)C(C)C)NCC1(c2cccs2)CCCCC1.I. The van der Waals surface area contributed by atoms with Crippen LogP contribution in [0.25, 0.3) is 0 Å². The van der Waals surface area contributed by atoms with Crippen molar-refractivity contribution < 1.29 is 4.79 Å². The minimum atomic E-state index is 0. The minimum Gasteiger partial charge on any atom is -0.355 e. The lowest BCUT2D eigenvalue weighted by Crippen LogP contribution is -2.47. The molecular formula is C19H33IN4OS. The zero-order chi connectivity index (χ0) is 18.1. The van der Waals surface area contributed by atoms with E-state index in [0.29, 0.717) is 13.1 Å².